The fourth-order valence-corrected chi connectivity index (χ4v) is 4.75. The van der Waals surface area contributed by atoms with E-state index in [9.17, 15) is 21.2 Å². The minimum absolute atomic E-state index is 0.0811. The number of halogens is 1. The van der Waals surface area contributed by atoms with E-state index in [-0.39, 0.29) is 24.0 Å². The number of benzene rings is 1. The van der Waals surface area contributed by atoms with Crippen LogP contribution in [0.4, 0.5) is 4.39 Å². The lowest BCUT2D eigenvalue weighted by atomic mass is 10.1. The normalized spacial score (nSPS) is 18.7. The number of sulfonamides is 2. The Bertz CT molecular complexity index is 741. The molecule has 1 fully saturated rings. The molecular weight excluding hydrogens is 331 g/mol. The van der Waals surface area contributed by atoms with Gasteiger partial charge in [-0.05, 0) is 31.0 Å². The van der Waals surface area contributed by atoms with Crippen molar-refractivity contribution in [2.75, 3.05) is 26.4 Å². The third kappa shape index (κ3) is 3.65. The molecule has 0 amide bonds. The molecule has 0 aromatic heterocycles. The Morgan fingerprint density at radius 3 is 2.27 bits per heavy atom. The molecule has 1 aromatic carbocycles. The van der Waals surface area contributed by atoms with E-state index in [2.05, 4.69) is 0 Å². The summed E-state index contributed by atoms with van der Waals surface area (Å²) in [5, 5.41) is 0. The predicted octanol–water partition coefficient (Wildman–Crippen LogP) is 0.870. The number of hydrogen-bond donors (Lipinski definition) is 0. The van der Waals surface area contributed by atoms with Gasteiger partial charge in [0.15, 0.2) is 0 Å². The maximum absolute atomic E-state index is 13.2. The van der Waals surface area contributed by atoms with Crippen LogP contribution in [0.25, 0.3) is 0 Å². The standard InChI is InChI=1S/C13H19FN2O4S2/c1-15(21(2,17)18)12-6-8-16(9-7-12)22(19,20)13-5-3-4-11(14)10-13/h3-5,10,12H,6-9H2,1-2H3. The van der Waals surface area contributed by atoms with E-state index in [4.69, 9.17) is 0 Å². The first kappa shape index (κ1) is 17.3. The molecule has 0 bridgehead atoms. The van der Waals surface area contributed by atoms with Crippen LogP contribution in [0.1, 0.15) is 12.8 Å². The number of nitrogens with zero attached hydrogens (tertiary/aromatic N) is 2. The quantitative estimate of drug-likeness (QED) is 0.808. The lowest BCUT2D eigenvalue weighted by molar-refractivity contribution is 0.239. The summed E-state index contributed by atoms with van der Waals surface area (Å²) >= 11 is 0. The van der Waals surface area contributed by atoms with E-state index in [1.54, 1.807) is 0 Å². The summed E-state index contributed by atoms with van der Waals surface area (Å²) in [7, 11) is -5.54. The number of piperidine rings is 1. The number of rotatable bonds is 4. The zero-order valence-corrected chi connectivity index (χ0v) is 14.1. The van der Waals surface area contributed by atoms with Crippen LogP contribution in [0.15, 0.2) is 29.2 Å². The first-order chi connectivity index (χ1) is 10.1. The summed E-state index contributed by atoms with van der Waals surface area (Å²) < 4.78 is 63.7. The minimum atomic E-state index is -3.74. The maximum Gasteiger partial charge on any atom is 0.243 e. The summed E-state index contributed by atoms with van der Waals surface area (Å²) in [6.45, 7) is 0.423. The molecule has 1 aliphatic rings. The van der Waals surface area contributed by atoms with Gasteiger partial charge in [-0.1, -0.05) is 6.07 Å². The summed E-state index contributed by atoms with van der Waals surface area (Å²) in [5.41, 5.74) is 0. The fourth-order valence-electron chi connectivity index (χ4n) is 2.49. The van der Waals surface area contributed by atoms with Crippen molar-refractivity contribution in [3.8, 4) is 0 Å². The topological polar surface area (TPSA) is 74.8 Å². The highest BCUT2D eigenvalue weighted by molar-refractivity contribution is 7.89. The van der Waals surface area contributed by atoms with Gasteiger partial charge in [-0.3, -0.25) is 0 Å². The molecule has 0 radical (unpaired) electrons. The summed E-state index contributed by atoms with van der Waals surface area (Å²) in [5.74, 6) is -0.604. The molecule has 0 N–H and O–H groups in total. The minimum Gasteiger partial charge on any atom is -0.213 e. The third-order valence-corrected chi connectivity index (χ3v) is 7.13. The molecule has 1 aromatic rings. The second kappa shape index (κ2) is 6.23. The monoisotopic (exact) mass is 350 g/mol. The smallest absolute Gasteiger partial charge is 0.213 e. The molecule has 0 saturated carbocycles. The first-order valence-corrected chi connectivity index (χ1v) is 10.1. The maximum atomic E-state index is 13.2. The van der Waals surface area contributed by atoms with E-state index in [0.29, 0.717) is 12.8 Å². The highest BCUT2D eigenvalue weighted by atomic mass is 32.2. The Morgan fingerprint density at radius 1 is 1.18 bits per heavy atom. The zero-order valence-electron chi connectivity index (χ0n) is 12.4. The average molecular weight is 350 g/mol. The van der Waals surface area contributed by atoms with Crippen LogP contribution in [-0.2, 0) is 20.0 Å². The molecule has 2 rings (SSSR count). The van der Waals surface area contributed by atoms with Crippen molar-refractivity contribution in [3.63, 3.8) is 0 Å². The Labute approximate surface area is 130 Å². The van der Waals surface area contributed by atoms with Gasteiger partial charge >= 0.3 is 0 Å². The average Bonchev–Trinajstić information content (AvgIpc) is 2.45. The fraction of sp³-hybridized carbons (Fsp3) is 0.538. The molecule has 6 nitrogen and oxygen atoms in total. The van der Waals surface area contributed by atoms with Gasteiger partial charge in [0.25, 0.3) is 0 Å². The molecule has 1 aliphatic heterocycles. The van der Waals surface area contributed by atoms with Crippen LogP contribution < -0.4 is 0 Å². The molecule has 1 heterocycles. The second-order valence-electron chi connectivity index (χ2n) is 5.37. The van der Waals surface area contributed by atoms with Crippen molar-refractivity contribution in [2.45, 2.75) is 23.8 Å². The van der Waals surface area contributed by atoms with Gasteiger partial charge in [-0.25, -0.2) is 25.5 Å². The molecule has 124 valence electrons. The van der Waals surface area contributed by atoms with Crippen LogP contribution in [0.2, 0.25) is 0 Å². The lowest BCUT2D eigenvalue weighted by Crippen LogP contribution is -2.46. The summed E-state index contributed by atoms with van der Waals surface area (Å²) in [6.07, 6.45) is 1.96. The van der Waals surface area contributed by atoms with Crippen molar-refractivity contribution in [1.82, 2.24) is 8.61 Å². The Balaban J connectivity index is 2.11. The van der Waals surface area contributed by atoms with Crippen molar-refractivity contribution in [3.05, 3.63) is 30.1 Å². The molecule has 0 aliphatic carbocycles. The molecule has 0 spiro atoms. The van der Waals surface area contributed by atoms with Crippen LogP contribution in [-0.4, -0.2) is 57.9 Å². The van der Waals surface area contributed by atoms with Crippen LogP contribution in [0.3, 0.4) is 0 Å². The SMILES string of the molecule is CN(C1CCN(S(=O)(=O)c2cccc(F)c2)CC1)S(C)(=O)=O. The molecule has 22 heavy (non-hydrogen) atoms. The van der Waals surface area contributed by atoms with Crippen molar-refractivity contribution < 1.29 is 21.2 Å². The van der Waals surface area contributed by atoms with Gasteiger partial charge in [-0.15, -0.1) is 0 Å². The lowest BCUT2D eigenvalue weighted by Gasteiger charge is -2.34. The molecule has 0 atom stereocenters. The largest absolute Gasteiger partial charge is 0.243 e. The van der Waals surface area contributed by atoms with E-state index in [1.165, 1.54) is 33.9 Å². The van der Waals surface area contributed by atoms with Crippen LogP contribution in [0.5, 0.6) is 0 Å². The summed E-state index contributed by atoms with van der Waals surface area (Å²) in [4.78, 5) is -0.0811. The van der Waals surface area contributed by atoms with Gasteiger partial charge in [0.05, 0.1) is 11.2 Å². The second-order valence-corrected chi connectivity index (χ2v) is 9.35. The Morgan fingerprint density at radius 2 is 1.77 bits per heavy atom. The van der Waals surface area contributed by atoms with Gasteiger partial charge < -0.3 is 0 Å². The van der Waals surface area contributed by atoms with E-state index < -0.39 is 25.9 Å². The van der Waals surface area contributed by atoms with Crippen LogP contribution in [0, 0.1) is 5.82 Å². The number of hydrogen-bond acceptors (Lipinski definition) is 4. The van der Waals surface area contributed by atoms with Gasteiger partial charge in [0.2, 0.25) is 20.0 Å². The van der Waals surface area contributed by atoms with Crippen molar-refractivity contribution in [2.24, 2.45) is 0 Å². The predicted molar refractivity (Wildman–Crippen MR) is 80.8 cm³/mol. The van der Waals surface area contributed by atoms with E-state index in [1.807, 2.05) is 0 Å². The van der Waals surface area contributed by atoms with Gasteiger partial charge in [0.1, 0.15) is 5.82 Å². The third-order valence-electron chi connectivity index (χ3n) is 3.89. The molecule has 1 saturated heterocycles. The van der Waals surface area contributed by atoms with E-state index >= 15 is 0 Å². The Hall–Kier alpha value is -1.03. The molecule has 9 heteroatoms. The van der Waals surface area contributed by atoms with Crippen molar-refractivity contribution in [1.29, 1.82) is 0 Å². The van der Waals surface area contributed by atoms with E-state index in [0.717, 1.165) is 12.3 Å². The highest BCUT2D eigenvalue weighted by Gasteiger charge is 2.33. The van der Waals surface area contributed by atoms with Gasteiger partial charge in [-0.2, -0.15) is 4.31 Å². The first-order valence-electron chi connectivity index (χ1n) is 6.81. The summed E-state index contributed by atoms with van der Waals surface area (Å²) in [6, 6.07) is 4.67. The molecule has 0 unspecified atom stereocenters. The van der Waals surface area contributed by atoms with Crippen LogP contribution >= 0.6 is 0 Å². The Kier molecular flexibility index (Phi) is 4.90. The van der Waals surface area contributed by atoms with Crippen molar-refractivity contribution >= 4 is 20.0 Å². The highest BCUT2D eigenvalue weighted by Crippen LogP contribution is 2.23. The molecular formula is C13H19FN2O4S2. The van der Waals surface area contributed by atoms with Gasteiger partial charge in [0, 0.05) is 26.2 Å². The zero-order chi connectivity index (χ0) is 16.5.